The molecule has 1 saturated heterocycles. The zero-order valence-corrected chi connectivity index (χ0v) is 19.0. The second-order valence-corrected chi connectivity index (χ2v) is 9.45. The number of hydrogen-bond acceptors (Lipinski definition) is 5. The smallest absolute Gasteiger partial charge is 0.340 e. The lowest BCUT2D eigenvalue weighted by molar-refractivity contribution is -0.138. The SMILES string of the molecule is CC(C)C(NC(=O)c1cccs1)C(=O)N1CCCC(c2nnc3ccc(C(F)(F)F)cn23)C1. The monoisotopic (exact) mass is 479 g/mol. The molecule has 0 saturated carbocycles. The summed E-state index contributed by atoms with van der Waals surface area (Å²) >= 11 is 1.30. The maximum Gasteiger partial charge on any atom is 0.417 e. The quantitative estimate of drug-likeness (QED) is 0.601. The predicted molar refractivity (Wildman–Crippen MR) is 117 cm³/mol. The minimum absolute atomic E-state index is 0.134. The van der Waals surface area contributed by atoms with E-state index < -0.39 is 17.8 Å². The van der Waals surface area contributed by atoms with E-state index in [2.05, 4.69) is 15.5 Å². The Morgan fingerprint density at radius 1 is 1.21 bits per heavy atom. The largest absolute Gasteiger partial charge is 0.417 e. The molecule has 33 heavy (non-hydrogen) atoms. The standard InChI is InChI=1S/C22H24F3N5O2S/c1-13(2)18(26-20(31)16-6-4-10-33-16)21(32)29-9-3-5-14(11-29)19-28-27-17-8-7-15(12-30(17)19)22(23,24)25/h4,6-8,10,12-14,18H,3,5,9,11H2,1-2H3,(H,26,31). The fourth-order valence-corrected chi connectivity index (χ4v) is 4.70. The molecule has 2 amide bonds. The van der Waals surface area contributed by atoms with Gasteiger partial charge in [0.25, 0.3) is 5.91 Å². The van der Waals surface area contributed by atoms with Crippen molar-refractivity contribution in [2.75, 3.05) is 13.1 Å². The summed E-state index contributed by atoms with van der Waals surface area (Å²) in [5, 5.41) is 12.8. The van der Waals surface area contributed by atoms with Crippen molar-refractivity contribution in [2.24, 2.45) is 5.92 Å². The fraction of sp³-hybridized carbons (Fsp3) is 0.455. The molecule has 3 aromatic heterocycles. The number of rotatable bonds is 5. The molecule has 2 atom stereocenters. The number of carbonyl (C=O) groups is 2. The molecule has 4 heterocycles. The van der Waals surface area contributed by atoms with E-state index in [1.54, 1.807) is 22.4 Å². The van der Waals surface area contributed by atoms with Gasteiger partial charge in [0.15, 0.2) is 5.65 Å². The van der Waals surface area contributed by atoms with E-state index >= 15 is 0 Å². The van der Waals surface area contributed by atoms with Crippen molar-refractivity contribution in [3.63, 3.8) is 0 Å². The first-order chi connectivity index (χ1) is 15.6. The van der Waals surface area contributed by atoms with Gasteiger partial charge in [-0.05, 0) is 42.3 Å². The number of hydrogen-bond donors (Lipinski definition) is 1. The number of likely N-dealkylation sites (tertiary alicyclic amines) is 1. The number of nitrogens with one attached hydrogen (secondary N) is 1. The van der Waals surface area contributed by atoms with E-state index in [9.17, 15) is 22.8 Å². The van der Waals surface area contributed by atoms with Crippen LogP contribution in [0.25, 0.3) is 5.65 Å². The zero-order chi connectivity index (χ0) is 23.8. The first-order valence-corrected chi connectivity index (χ1v) is 11.6. The van der Waals surface area contributed by atoms with Crippen LogP contribution in [0.2, 0.25) is 0 Å². The number of thiophene rings is 1. The molecule has 0 aliphatic carbocycles. The number of fused-ring (bicyclic) bond motifs is 1. The van der Waals surface area contributed by atoms with E-state index in [0.29, 0.717) is 42.3 Å². The Morgan fingerprint density at radius 2 is 2.00 bits per heavy atom. The van der Waals surface area contributed by atoms with Gasteiger partial charge < -0.3 is 10.2 Å². The van der Waals surface area contributed by atoms with Gasteiger partial charge in [0.1, 0.15) is 11.9 Å². The third-order valence-corrected chi connectivity index (χ3v) is 6.69. The lowest BCUT2D eigenvalue weighted by Crippen LogP contribution is -2.53. The third-order valence-electron chi connectivity index (χ3n) is 5.82. The van der Waals surface area contributed by atoms with Crippen LogP contribution in [0.4, 0.5) is 13.2 Å². The highest BCUT2D eigenvalue weighted by molar-refractivity contribution is 7.12. The molecule has 4 rings (SSSR count). The summed E-state index contributed by atoms with van der Waals surface area (Å²) in [5.74, 6) is -0.498. The maximum absolute atomic E-state index is 13.3. The molecule has 1 fully saturated rings. The summed E-state index contributed by atoms with van der Waals surface area (Å²) in [7, 11) is 0. The molecular formula is C22H24F3N5O2S. The highest BCUT2D eigenvalue weighted by Crippen LogP contribution is 2.31. The van der Waals surface area contributed by atoms with E-state index in [1.165, 1.54) is 21.8 Å². The average Bonchev–Trinajstić information content (AvgIpc) is 3.46. The van der Waals surface area contributed by atoms with Gasteiger partial charge >= 0.3 is 6.18 Å². The van der Waals surface area contributed by atoms with Crippen molar-refractivity contribution in [3.05, 3.63) is 52.1 Å². The van der Waals surface area contributed by atoms with Crippen LogP contribution < -0.4 is 5.32 Å². The lowest BCUT2D eigenvalue weighted by Gasteiger charge is -2.35. The van der Waals surface area contributed by atoms with Gasteiger partial charge in [-0.1, -0.05) is 19.9 Å². The molecule has 3 aromatic rings. The van der Waals surface area contributed by atoms with Crippen molar-refractivity contribution in [3.8, 4) is 0 Å². The molecule has 11 heteroatoms. The summed E-state index contributed by atoms with van der Waals surface area (Å²) in [6, 6.07) is 5.04. The van der Waals surface area contributed by atoms with Crippen molar-refractivity contribution in [1.29, 1.82) is 0 Å². The van der Waals surface area contributed by atoms with Crippen molar-refractivity contribution in [1.82, 2.24) is 24.8 Å². The number of carbonyl (C=O) groups excluding carboxylic acids is 2. The normalized spacial score (nSPS) is 18.0. The van der Waals surface area contributed by atoms with Crippen molar-refractivity contribution < 1.29 is 22.8 Å². The Kier molecular flexibility index (Phi) is 6.42. The van der Waals surface area contributed by atoms with E-state index in [-0.39, 0.29) is 23.7 Å². The topological polar surface area (TPSA) is 79.6 Å². The molecule has 2 unspecified atom stereocenters. The molecule has 0 spiro atoms. The van der Waals surface area contributed by atoms with Crippen molar-refractivity contribution in [2.45, 2.75) is 44.8 Å². The molecule has 176 valence electrons. The first-order valence-electron chi connectivity index (χ1n) is 10.7. The van der Waals surface area contributed by atoms with Crippen LogP contribution in [0.15, 0.2) is 35.8 Å². The van der Waals surface area contributed by atoms with Crippen molar-refractivity contribution >= 4 is 28.8 Å². The summed E-state index contributed by atoms with van der Waals surface area (Å²) in [5.41, 5.74) is -0.458. The summed E-state index contributed by atoms with van der Waals surface area (Å²) in [6.07, 6.45) is -2.12. The highest BCUT2D eigenvalue weighted by atomic mass is 32.1. The molecule has 0 radical (unpaired) electrons. The summed E-state index contributed by atoms with van der Waals surface area (Å²) < 4.78 is 40.9. The van der Waals surface area contributed by atoms with Crippen LogP contribution in [0, 0.1) is 5.92 Å². The fourth-order valence-electron chi connectivity index (χ4n) is 4.07. The average molecular weight is 480 g/mol. The van der Waals surface area contributed by atoms with E-state index in [4.69, 9.17) is 0 Å². The number of pyridine rings is 1. The second-order valence-electron chi connectivity index (χ2n) is 8.50. The van der Waals surface area contributed by atoms with Gasteiger partial charge in [0.2, 0.25) is 5.91 Å². The first kappa shape index (κ1) is 23.2. The Labute approximate surface area is 192 Å². The highest BCUT2D eigenvalue weighted by Gasteiger charge is 2.35. The van der Waals surface area contributed by atoms with Gasteiger partial charge in [0, 0.05) is 25.2 Å². The minimum atomic E-state index is -4.48. The van der Waals surface area contributed by atoms with Crippen LogP contribution in [0.1, 0.15) is 53.7 Å². The number of alkyl halides is 3. The second kappa shape index (κ2) is 9.12. The molecular weight excluding hydrogens is 455 g/mol. The summed E-state index contributed by atoms with van der Waals surface area (Å²) in [4.78, 5) is 28.1. The molecule has 7 nitrogen and oxygen atoms in total. The number of nitrogens with zero attached hydrogens (tertiary/aromatic N) is 4. The number of aromatic nitrogens is 3. The minimum Gasteiger partial charge on any atom is -0.340 e. The lowest BCUT2D eigenvalue weighted by atomic mass is 9.95. The summed E-state index contributed by atoms with van der Waals surface area (Å²) in [6.45, 7) is 4.54. The number of halogens is 3. The van der Waals surface area contributed by atoms with Crippen LogP contribution in [-0.4, -0.2) is 50.4 Å². The zero-order valence-electron chi connectivity index (χ0n) is 18.2. The molecule has 0 bridgehead atoms. The van der Waals surface area contributed by atoms with Gasteiger partial charge in [-0.3, -0.25) is 14.0 Å². The molecule has 1 aliphatic rings. The number of piperidine rings is 1. The van der Waals surface area contributed by atoms with Gasteiger partial charge in [-0.25, -0.2) is 0 Å². The Hall–Kier alpha value is -2.95. The molecule has 1 N–H and O–H groups in total. The van der Waals surface area contributed by atoms with E-state index in [1.807, 2.05) is 13.8 Å². The van der Waals surface area contributed by atoms with Gasteiger partial charge in [0.05, 0.1) is 10.4 Å². The van der Waals surface area contributed by atoms with Crippen LogP contribution >= 0.6 is 11.3 Å². The Bertz CT molecular complexity index is 1140. The van der Waals surface area contributed by atoms with Gasteiger partial charge in [-0.15, -0.1) is 21.5 Å². The van der Waals surface area contributed by atoms with Gasteiger partial charge in [-0.2, -0.15) is 13.2 Å². The molecule has 0 aromatic carbocycles. The van der Waals surface area contributed by atoms with Crippen LogP contribution in [0.3, 0.4) is 0 Å². The maximum atomic E-state index is 13.3. The third kappa shape index (κ3) is 4.87. The Balaban J connectivity index is 1.54. The predicted octanol–water partition coefficient (Wildman–Crippen LogP) is 3.97. The molecule has 1 aliphatic heterocycles. The van der Waals surface area contributed by atoms with Crippen LogP contribution in [0.5, 0.6) is 0 Å². The Morgan fingerprint density at radius 3 is 2.67 bits per heavy atom. The van der Waals surface area contributed by atoms with Crippen LogP contribution in [-0.2, 0) is 11.0 Å². The van der Waals surface area contributed by atoms with E-state index in [0.717, 1.165) is 12.3 Å². The number of amides is 2.